The van der Waals surface area contributed by atoms with E-state index < -0.39 is 5.97 Å². The third-order valence-corrected chi connectivity index (χ3v) is 3.05. The van der Waals surface area contributed by atoms with Gasteiger partial charge in [0.25, 0.3) is 0 Å². The Morgan fingerprint density at radius 2 is 2.21 bits per heavy atom. The van der Waals surface area contributed by atoms with Crippen molar-refractivity contribution in [3.05, 3.63) is 29.8 Å². The first-order chi connectivity index (χ1) is 9.13. The number of nitrogens with one attached hydrogen (secondary N) is 1. The van der Waals surface area contributed by atoms with Crippen LogP contribution in [-0.2, 0) is 9.59 Å². The molecule has 5 heteroatoms. The zero-order valence-corrected chi connectivity index (χ0v) is 10.3. The van der Waals surface area contributed by atoms with E-state index in [0.717, 1.165) is 11.3 Å². The van der Waals surface area contributed by atoms with Crippen molar-refractivity contribution >= 4 is 17.6 Å². The van der Waals surface area contributed by atoms with Gasteiger partial charge < -0.3 is 15.3 Å². The second-order valence-corrected chi connectivity index (χ2v) is 4.31. The zero-order valence-electron chi connectivity index (χ0n) is 10.3. The fraction of sp³-hybridized carbons (Fsp3) is 0.286. The number of hydrogen-bond acceptors (Lipinski definition) is 3. The number of carbonyl (C=O) groups excluding carboxylic acids is 1. The lowest BCUT2D eigenvalue weighted by molar-refractivity contribution is -0.144. The van der Waals surface area contributed by atoms with Gasteiger partial charge in [-0.05, 0) is 11.6 Å². The highest BCUT2D eigenvalue weighted by atomic mass is 16.4. The summed E-state index contributed by atoms with van der Waals surface area (Å²) >= 11 is 0. The summed E-state index contributed by atoms with van der Waals surface area (Å²) in [5.74, 6) is 0.633. The summed E-state index contributed by atoms with van der Waals surface area (Å²) in [4.78, 5) is 24.3. The maximum absolute atomic E-state index is 12.4. The Labute approximate surface area is 111 Å². The Hall–Kier alpha value is -2.48. The maximum Gasteiger partial charge on any atom is 0.323 e. The molecule has 0 fully saturated rings. The van der Waals surface area contributed by atoms with E-state index in [1.165, 1.54) is 4.90 Å². The Kier molecular flexibility index (Phi) is 3.71. The van der Waals surface area contributed by atoms with Crippen LogP contribution in [0, 0.1) is 12.3 Å². The molecule has 2 rings (SSSR count). The third kappa shape index (κ3) is 2.68. The molecule has 19 heavy (non-hydrogen) atoms. The van der Waals surface area contributed by atoms with Crippen LogP contribution in [0.1, 0.15) is 11.5 Å². The number of anilines is 1. The minimum Gasteiger partial charge on any atom is -0.480 e. The Morgan fingerprint density at radius 3 is 2.89 bits per heavy atom. The second kappa shape index (κ2) is 5.44. The number of terminal acetylenes is 1. The van der Waals surface area contributed by atoms with E-state index in [-0.39, 0.29) is 24.9 Å². The monoisotopic (exact) mass is 258 g/mol. The first-order valence-electron chi connectivity index (χ1n) is 5.90. The van der Waals surface area contributed by atoms with Crippen LogP contribution in [0.3, 0.4) is 0 Å². The number of rotatable bonds is 4. The predicted molar refractivity (Wildman–Crippen MR) is 70.7 cm³/mol. The number of amides is 1. The molecule has 1 amide bonds. The van der Waals surface area contributed by atoms with Crippen molar-refractivity contribution in [3.63, 3.8) is 0 Å². The molecule has 0 saturated carbocycles. The van der Waals surface area contributed by atoms with Gasteiger partial charge in [-0.25, -0.2) is 0 Å². The summed E-state index contributed by atoms with van der Waals surface area (Å²) in [7, 11) is 0. The predicted octanol–water partition coefficient (Wildman–Crippen LogP) is 0.742. The molecular weight excluding hydrogens is 244 g/mol. The molecule has 0 spiro atoms. The van der Waals surface area contributed by atoms with Crippen molar-refractivity contribution in [2.75, 3.05) is 25.0 Å². The smallest absolute Gasteiger partial charge is 0.323 e. The minimum atomic E-state index is -1.07. The molecule has 0 radical (unpaired) electrons. The summed E-state index contributed by atoms with van der Waals surface area (Å²) in [6.07, 6.45) is 5.18. The van der Waals surface area contributed by atoms with E-state index in [1.54, 1.807) is 0 Å². The molecule has 1 aromatic carbocycles. The number of carbonyl (C=O) groups is 2. The average molecular weight is 258 g/mol. The number of aliphatic carboxylic acids is 1. The number of carboxylic acids is 1. The highest BCUT2D eigenvalue weighted by Gasteiger charge is 2.31. The Bertz CT molecular complexity index is 548. The first kappa shape index (κ1) is 13.0. The Balaban J connectivity index is 2.19. The van der Waals surface area contributed by atoms with Crippen LogP contribution in [0.5, 0.6) is 0 Å². The van der Waals surface area contributed by atoms with Crippen molar-refractivity contribution in [1.82, 2.24) is 4.90 Å². The summed E-state index contributed by atoms with van der Waals surface area (Å²) in [5.41, 5.74) is 1.80. The largest absolute Gasteiger partial charge is 0.480 e. The van der Waals surface area contributed by atoms with Crippen molar-refractivity contribution in [2.24, 2.45) is 0 Å². The van der Waals surface area contributed by atoms with Gasteiger partial charge in [-0.3, -0.25) is 9.59 Å². The number of carboxylic acid groups (broad SMARTS) is 1. The minimum absolute atomic E-state index is 0.00377. The molecule has 0 saturated heterocycles. The van der Waals surface area contributed by atoms with E-state index in [0.29, 0.717) is 6.54 Å². The van der Waals surface area contributed by atoms with Crippen molar-refractivity contribution in [3.8, 4) is 12.3 Å². The molecule has 1 heterocycles. The molecule has 1 aliphatic heterocycles. The van der Waals surface area contributed by atoms with E-state index in [2.05, 4.69) is 11.2 Å². The lowest BCUT2D eigenvalue weighted by atomic mass is 10.00. The van der Waals surface area contributed by atoms with Gasteiger partial charge in [0.1, 0.15) is 6.54 Å². The lowest BCUT2D eigenvalue weighted by Crippen LogP contribution is -2.39. The van der Waals surface area contributed by atoms with Gasteiger partial charge >= 0.3 is 5.97 Å². The number of para-hydroxylation sites is 1. The molecule has 5 nitrogen and oxygen atoms in total. The van der Waals surface area contributed by atoms with Crippen LogP contribution in [0.15, 0.2) is 24.3 Å². The molecule has 1 unspecified atom stereocenters. The van der Waals surface area contributed by atoms with E-state index in [9.17, 15) is 9.59 Å². The molecule has 0 bridgehead atoms. The second-order valence-electron chi connectivity index (χ2n) is 4.31. The lowest BCUT2D eigenvalue weighted by Gasteiger charge is -2.21. The molecular formula is C14H14N2O3. The fourth-order valence-electron chi connectivity index (χ4n) is 2.21. The number of nitrogens with zero attached hydrogens (tertiary/aromatic N) is 1. The highest BCUT2D eigenvalue weighted by molar-refractivity contribution is 5.90. The number of hydrogen-bond donors (Lipinski definition) is 2. The van der Waals surface area contributed by atoms with Gasteiger partial charge in [0.15, 0.2) is 0 Å². The quantitative estimate of drug-likeness (QED) is 0.782. The molecule has 0 aromatic heterocycles. The zero-order chi connectivity index (χ0) is 13.8. The van der Waals surface area contributed by atoms with Gasteiger partial charge in [0.05, 0.1) is 12.5 Å². The van der Waals surface area contributed by atoms with Crippen molar-refractivity contribution < 1.29 is 14.7 Å². The van der Waals surface area contributed by atoms with E-state index in [4.69, 9.17) is 11.5 Å². The average Bonchev–Trinajstić information content (AvgIpc) is 2.80. The fourth-order valence-corrected chi connectivity index (χ4v) is 2.21. The number of benzene rings is 1. The van der Waals surface area contributed by atoms with Crippen molar-refractivity contribution in [2.45, 2.75) is 5.92 Å². The molecule has 1 aliphatic rings. The molecule has 1 aromatic rings. The van der Waals surface area contributed by atoms with Gasteiger partial charge in [0, 0.05) is 12.2 Å². The van der Waals surface area contributed by atoms with Gasteiger partial charge in [-0.1, -0.05) is 24.1 Å². The summed E-state index contributed by atoms with van der Waals surface area (Å²) in [5, 5.41) is 12.0. The van der Waals surface area contributed by atoms with Crippen LogP contribution >= 0.6 is 0 Å². The first-order valence-corrected chi connectivity index (χ1v) is 5.90. The van der Waals surface area contributed by atoms with Gasteiger partial charge in [-0.2, -0.15) is 0 Å². The summed E-state index contributed by atoms with van der Waals surface area (Å²) < 4.78 is 0. The van der Waals surface area contributed by atoms with Crippen LogP contribution in [0.25, 0.3) is 0 Å². The third-order valence-electron chi connectivity index (χ3n) is 3.05. The highest BCUT2D eigenvalue weighted by Crippen LogP contribution is 2.32. The van der Waals surface area contributed by atoms with E-state index in [1.807, 2.05) is 24.3 Å². The maximum atomic E-state index is 12.4. The van der Waals surface area contributed by atoms with Crippen LogP contribution in [0.4, 0.5) is 5.69 Å². The molecule has 1 atom stereocenters. The molecule has 0 aliphatic carbocycles. The number of fused-ring (bicyclic) bond motifs is 1. The van der Waals surface area contributed by atoms with Crippen LogP contribution in [0.2, 0.25) is 0 Å². The SMILES string of the molecule is C#CCN(CC(=O)O)C(=O)C1CNc2ccccc21. The van der Waals surface area contributed by atoms with E-state index >= 15 is 0 Å². The summed E-state index contributed by atoms with van der Waals surface area (Å²) in [6.45, 7) is 0.102. The molecule has 2 N–H and O–H groups in total. The van der Waals surface area contributed by atoms with Crippen LogP contribution < -0.4 is 5.32 Å². The normalized spacial score (nSPS) is 16.1. The Morgan fingerprint density at radius 1 is 1.47 bits per heavy atom. The topological polar surface area (TPSA) is 69.6 Å². The van der Waals surface area contributed by atoms with Crippen LogP contribution in [-0.4, -0.2) is 41.5 Å². The molecule has 98 valence electrons. The van der Waals surface area contributed by atoms with Gasteiger partial charge in [-0.15, -0.1) is 6.42 Å². The standard InChI is InChI=1S/C14H14N2O3/c1-2-7-16(9-13(17)18)14(19)11-8-15-12-6-4-3-5-10(11)12/h1,3-6,11,15H,7-9H2,(H,17,18). The van der Waals surface area contributed by atoms with Crippen molar-refractivity contribution in [1.29, 1.82) is 0 Å². The summed E-state index contributed by atoms with van der Waals surface area (Å²) in [6, 6.07) is 7.50. The van der Waals surface area contributed by atoms with Gasteiger partial charge in [0.2, 0.25) is 5.91 Å².